The Hall–Kier alpha value is -1.25. The first-order chi connectivity index (χ1) is 6.85. The third-order valence-electron chi connectivity index (χ3n) is 2.69. The monoisotopic (exact) mass is 210 g/mol. The summed E-state index contributed by atoms with van der Waals surface area (Å²) in [5.74, 6) is -0.257. The molecular formula is C12H19FN2. The van der Waals surface area contributed by atoms with Crippen molar-refractivity contribution in [3.05, 3.63) is 23.5 Å². The number of aryl methyl sites for hydroxylation is 1. The van der Waals surface area contributed by atoms with Crippen LogP contribution in [0, 0.1) is 12.7 Å². The van der Waals surface area contributed by atoms with E-state index in [9.17, 15) is 4.39 Å². The minimum atomic E-state index is -0.257. The number of hydrogen-bond acceptors (Lipinski definition) is 2. The van der Waals surface area contributed by atoms with Crippen molar-refractivity contribution >= 4 is 11.4 Å². The molecule has 0 heterocycles. The molecule has 3 N–H and O–H groups in total. The Morgan fingerprint density at radius 3 is 2.53 bits per heavy atom. The summed E-state index contributed by atoms with van der Waals surface area (Å²) in [6, 6.07) is 3.12. The van der Waals surface area contributed by atoms with Gasteiger partial charge in [-0.05, 0) is 44.9 Å². The number of nitrogens with two attached hydrogens (primary N) is 1. The van der Waals surface area contributed by atoms with Gasteiger partial charge < -0.3 is 11.1 Å². The van der Waals surface area contributed by atoms with E-state index >= 15 is 0 Å². The third-order valence-corrected chi connectivity index (χ3v) is 2.69. The van der Waals surface area contributed by atoms with Gasteiger partial charge in [0.2, 0.25) is 0 Å². The lowest BCUT2D eigenvalue weighted by atomic mass is 10.0. The highest BCUT2D eigenvalue weighted by atomic mass is 19.1. The molecule has 0 spiro atoms. The van der Waals surface area contributed by atoms with Crippen LogP contribution in [-0.2, 0) is 0 Å². The van der Waals surface area contributed by atoms with Gasteiger partial charge >= 0.3 is 0 Å². The predicted molar refractivity (Wildman–Crippen MR) is 63.5 cm³/mol. The number of nitrogen functional groups attached to an aromatic ring is 1. The van der Waals surface area contributed by atoms with Crippen LogP contribution >= 0.6 is 0 Å². The largest absolute Gasteiger partial charge is 0.397 e. The van der Waals surface area contributed by atoms with Crippen molar-refractivity contribution in [3.8, 4) is 0 Å². The van der Waals surface area contributed by atoms with E-state index in [1.54, 1.807) is 13.0 Å². The number of nitrogens with one attached hydrogen (secondary N) is 1. The normalized spacial score (nSPS) is 11.5. The van der Waals surface area contributed by atoms with Gasteiger partial charge in [0.25, 0.3) is 0 Å². The van der Waals surface area contributed by atoms with Crippen LogP contribution in [0.3, 0.4) is 0 Å². The third kappa shape index (κ3) is 2.85. The van der Waals surface area contributed by atoms with Crippen molar-refractivity contribution in [1.82, 2.24) is 0 Å². The lowest BCUT2D eigenvalue weighted by molar-refractivity contribution is 0.547. The van der Waals surface area contributed by atoms with E-state index in [4.69, 9.17) is 5.73 Å². The molecule has 0 fully saturated rings. The SMILES string of the molecule is CCC(C)(C)Nc1cc(C)c(F)cc1N. The minimum Gasteiger partial charge on any atom is -0.397 e. The molecular weight excluding hydrogens is 191 g/mol. The number of anilines is 2. The van der Waals surface area contributed by atoms with E-state index in [-0.39, 0.29) is 11.4 Å². The zero-order valence-electron chi connectivity index (χ0n) is 9.82. The Balaban J connectivity index is 3.01. The lowest BCUT2D eigenvalue weighted by Gasteiger charge is -2.27. The minimum absolute atomic E-state index is 0.0294. The summed E-state index contributed by atoms with van der Waals surface area (Å²) in [5, 5.41) is 3.31. The van der Waals surface area contributed by atoms with Gasteiger partial charge in [0.15, 0.2) is 0 Å². The fraction of sp³-hybridized carbons (Fsp3) is 0.500. The zero-order valence-corrected chi connectivity index (χ0v) is 9.82. The first kappa shape index (κ1) is 11.8. The first-order valence-electron chi connectivity index (χ1n) is 5.19. The molecule has 3 heteroatoms. The van der Waals surface area contributed by atoms with Crippen LogP contribution in [0.4, 0.5) is 15.8 Å². The van der Waals surface area contributed by atoms with E-state index in [1.165, 1.54) is 6.07 Å². The number of hydrogen-bond donors (Lipinski definition) is 2. The molecule has 0 saturated heterocycles. The van der Waals surface area contributed by atoms with E-state index in [2.05, 4.69) is 26.1 Å². The van der Waals surface area contributed by atoms with Crippen LogP contribution in [0.5, 0.6) is 0 Å². The molecule has 0 aliphatic carbocycles. The van der Waals surface area contributed by atoms with Gasteiger partial charge in [-0.1, -0.05) is 6.92 Å². The molecule has 0 aliphatic rings. The summed E-state index contributed by atoms with van der Waals surface area (Å²) >= 11 is 0. The molecule has 0 aliphatic heterocycles. The maximum absolute atomic E-state index is 13.2. The Bertz CT molecular complexity index is 359. The van der Waals surface area contributed by atoms with Crippen LogP contribution in [0.1, 0.15) is 32.8 Å². The summed E-state index contributed by atoms with van der Waals surface area (Å²) in [4.78, 5) is 0. The summed E-state index contributed by atoms with van der Waals surface area (Å²) in [6.07, 6.45) is 0.975. The van der Waals surface area contributed by atoms with Gasteiger partial charge in [-0.25, -0.2) is 4.39 Å². The molecule has 0 bridgehead atoms. The second-order valence-electron chi connectivity index (χ2n) is 4.55. The molecule has 84 valence electrons. The van der Waals surface area contributed by atoms with Crippen LogP contribution < -0.4 is 11.1 Å². The van der Waals surface area contributed by atoms with Gasteiger partial charge in [0, 0.05) is 5.54 Å². The molecule has 1 aromatic rings. The van der Waals surface area contributed by atoms with Crippen molar-refractivity contribution in [2.24, 2.45) is 0 Å². The van der Waals surface area contributed by atoms with E-state index in [0.717, 1.165) is 12.1 Å². The van der Waals surface area contributed by atoms with Crippen LogP contribution in [-0.4, -0.2) is 5.54 Å². The molecule has 1 rings (SSSR count). The van der Waals surface area contributed by atoms with E-state index < -0.39 is 0 Å². The first-order valence-corrected chi connectivity index (χ1v) is 5.19. The Kier molecular flexibility index (Phi) is 3.22. The lowest BCUT2D eigenvalue weighted by Crippen LogP contribution is -2.30. The number of rotatable bonds is 3. The Morgan fingerprint density at radius 1 is 1.40 bits per heavy atom. The number of benzene rings is 1. The molecule has 0 saturated carbocycles. The fourth-order valence-electron chi connectivity index (χ4n) is 1.26. The van der Waals surface area contributed by atoms with Crippen molar-refractivity contribution in [2.45, 2.75) is 39.7 Å². The van der Waals surface area contributed by atoms with Gasteiger partial charge in [0.05, 0.1) is 11.4 Å². The topological polar surface area (TPSA) is 38.0 Å². The summed E-state index contributed by atoms with van der Waals surface area (Å²) in [5.41, 5.74) is 7.59. The molecule has 0 unspecified atom stereocenters. The molecule has 0 aromatic heterocycles. The van der Waals surface area contributed by atoms with Gasteiger partial charge in [0.1, 0.15) is 5.82 Å². The van der Waals surface area contributed by atoms with Crippen LogP contribution in [0.15, 0.2) is 12.1 Å². The highest BCUT2D eigenvalue weighted by Crippen LogP contribution is 2.26. The average molecular weight is 210 g/mol. The van der Waals surface area contributed by atoms with Gasteiger partial charge in [-0.15, -0.1) is 0 Å². The van der Waals surface area contributed by atoms with Crippen molar-refractivity contribution in [3.63, 3.8) is 0 Å². The summed E-state index contributed by atoms with van der Waals surface area (Å²) in [6.45, 7) is 8.01. The molecule has 2 nitrogen and oxygen atoms in total. The second kappa shape index (κ2) is 4.09. The molecule has 0 atom stereocenters. The highest BCUT2D eigenvalue weighted by molar-refractivity contribution is 5.68. The fourth-order valence-corrected chi connectivity index (χ4v) is 1.26. The average Bonchev–Trinajstić information content (AvgIpc) is 2.14. The summed E-state index contributed by atoms with van der Waals surface area (Å²) < 4.78 is 13.2. The maximum atomic E-state index is 13.2. The molecule has 15 heavy (non-hydrogen) atoms. The van der Waals surface area contributed by atoms with Crippen LogP contribution in [0.25, 0.3) is 0 Å². The smallest absolute Gasteiger partial charge is 0.128 e. The van der Waals surface area contributed by atoms with E-state index in [0.29, 0.717) is 11.3 Å². The summed E-state index contributed by atoms with van der Waals surface area (Å²) in [7, 11) is 0. The molecule has 0 amide bonds. The van der Waals surface area contributed by atoms with Crippen molar-refractivity contribution in [1.29, 1.82) is 0 Å². The predicted octanol–water partition coefficient (Wildman–Crippen LogP) is 3.32. The molecule has 0 radical (unpaired) electrons. The van der Waals surface area contributed by atoms with Crippen molar-refractivity contribution < 1.29 is 4.39 Å². The number of halogens is 1. The zero-order chi connectivity index (χ0) is 11.6. The van der Waals surface area contributed by atoms with E-state index in [1.807, 2.05) is 0 Å². The standard InChI is InChI=1S/C12H19FN2/c1-5-12(3,4)15-11-6-8(2)9(13)7-10(11)14/h6-7,15H,5,14H2,1-4H3. The highest BCUT2D eigenvalue weighted by Gasteiger charge is 2.16. The quantitative estimate of drug-likeness (QED) is 0.751. The van der Waals surface area contributed by atoms with Crippen LogP contribution in [0.2, 0.25) is 0 Å². The second-order valence-corrected chi connectivity index (χ2v) is 4.55. The maximum Gasteiger partial charge on any atom is 0.128 e. The van der Waals surface area contributed by atoms with Gasteiger partial charge in [-0.3, -0.25) is 0 Å². The van der Waals surface area contributed by atoms with Crippen molar-refractivity contribution in [2.75, 3.05) is 11.1 Å². The molecule has 1 aromatic carbocycles. The Morgan fingerprint density at radius 2 is 2.00 bits per heavy atom. The Labute approximate surface area is 90.7 Å². The van der Waals surface area contributed by atoms with Gasteiger partial charge in [-0.2, -0.15) is 0 Å².